The summed E-state index contributed by atoms with van der Waals surface area (Å²) in [5, 5.41) is 0. The number of rotatable bonds is 4. The highest BCUT2D eigenvalue weighted by atomic mass is 15.3. The van der Waals surface area contributed by atoms with Crippen molar-refractivity contribution < 1.29 is 0 Å². The van der Waals surface area contributed by atoms with Crippen LogP contribution in [-0.4, -0.2) is 59.1 Å². The fraction of sp³-hybridized carbons (Fsp3) is 0.562. The summed E-state index contributed by atoms with van der Waals surface area (Å²) in [5.74, 6) is 1.14. The average Bonchev–Trinajstić information content (AvgIpc) is 2.86. The van der Waals surface area contributed by atoms with Crippen LogP contribution in [0.15, 0.2) is 24.3 Å². The molecule has 0 aliphatic carbocycles. The summed E-state index contributed by atoms with van der Waals surface area (Å²) < 4.78 is 2.31. The molecule has 0 saturated carbocycles. The largest absolute Gasteiger partial charge is 0.328 e. The standard InChI is InChI=1S/C16H25N5/c1-13(11-17)21-15-6-4-3-5-14(15)18-16(21)12-20-9-7-19(2)8-10-20/h3-6,13H,7-12,17H2,1-2H3. The van der Waals surface area contributed by atoms with Crippen LogP contribution < -0.4 is 5.73 Å². The van der Waals surface area contributed by atoms with E-state index < -0.39 is 0 Å². The molecule has 0 spiro atoms. The molecule has 2 heterocycles. The molecular weight excluding hydrogens is 262 g/mol. The highest BCUT2D eigenvalue weighted by Gasteiger charge is 2.19. The topological polar surface area (TPSA) is 50.3 Å². The summed E-state index contributed by atoms with van der Waals surface area (Å²) in [7, 11) is 2.18. The molecule has 3 rings (SSSR count). The molecule has 114 valence electrons. The number of para-hydroxylation sites is 2. The first-order valence-corrected chi connectivity index (χ1v) is 7.76. The van der Waals surface area contributed by atoms with Crippen molar-refractivity contribution in [2.45, 2.75) is 19.5 Å². The number of hydrogen-bond donors (Lipinski definition) is 1. The molecule has 2 N–H and O–H groups in total. The predicted molar refractivity (Wildman–Crippen MR) is 86.3 cm³/mol. The Morgan fingerprint density at radius 3 is 2.62 bits per heavy atom. The third kappa shape index (κ3) is 2.95. The minimum atomic E-state index is 0.278. The lowest BCUT2D eigenvalue weighted by atomic mass is 10.2. The van der Waals surface area contributed by atoms with Gasteiger partial charge in [0.25, 0.3) is 0 Å². The number of nitrogens with zero attached hydrogens (tertiary/aromatic N) is 4. The summed E-state index contributed by atoms with van der Waals surface area (Å²) in [5.41, 5.74) is 8.17. The molecule has 0 amide bonds. The minimum absolute atomic E-state index is 0.278. The fourth-order valence-corrected chi connectivity index (χ4v) is 3.01. The number of nitrogens with two attached hydrogens (primary N) is 1. The molecule has 1 atom stereocenters. The van der Waals surface area contributed by atoms with Crippen LogP contribution in [0.1, 0.15) is 18.8 Å². The second-order valence-electron chi connectivity index (χ2n) is 6.05. The molecule has 1 unspecified atom stereocenters. The van der Waals surface area contributed by atoms with Gasteiger partial charge in [-0.2, -0.15) is 0 Å². The van der Waals surface area contributed by atoms with Gasteiger partial charge in [-0.15, -0.1) is 0 Å². The van der Waals surface area contributed by atoms with Crippen molar-refractivity contribution >= 4 is 11.0 Å². The van der Waals surface area contributed by atoms with Crippen molar-refractivity contribution in [1.82, 2.24) is 19.4 Å². The maximum atomic E-state index is 5.91. The van der Waals surface area contributed by atoms with Gasteiger partial charge in [0.15, 0.2) is 0 Å². The van der Waals surface area contributed by atoms with Gasteiger partial charge in [0.2, 0.25) is 0 Å². The number of fused-ring (bicyclic) bond motifs is 1. The maximum absolute atomic E-state index is 5.91. The van der Waals surface area contributed by atoms with E-state index in [1.807, 2.05) is 6.07 Å². The first-order chi connectivity index (χ1) is 10.2. The second kappa shape index (κ2) is 6.13. The van der Waals surface area contributed by atoms with Crippen LogP contribution in [0.5, 0.6) is 0 Å². The Balaban J connectivity index is 1.90. The van der Waals surface area contributed by atoms with Crippen LogP contribution in [0.25, 0.3) is 11.0 Å². The molecule has 1 aromatic heterocycles. The first-order valence-electron chi connectivity index (χ1n) is 7.76. The lowest BCUT2D eigenvalue weighted by Crippen LogP contribution is -2.44. The molecule has 0 bridgehead atoms. The molecular formula is C16H25N5. The normalized spacial score (nSPS) is 19.2. The minimum Gasteiger partial charge on any atom is -0.328 e. The van der Waals surface area contributed by atoms with Gasteiger partial charge in [-0.1, -0.05) is 12.1 Å². The third-order valence-corrected chi connectivity index (χ3v) is 4.41. The Bertz CT molecular complexity index is 598. The molecule has 5 nitrogen and oxygen atoms in total. The molecule has 1 saturated heterocycles. The SMILES string of the molecule is CC(CN)n1c(CN2CCN(C)CC2)nc2ccccc21. The molecule has 2 aromatic rings. The number of hydrogen-bond acceptors (Lipinski definition) is 4. The van der Waals surface area contributed by atoms with Crippen molar-refractivity contribution in [2.75, 3.05) is 39.8 Å². The van der Waals surface area contributed by atoms with E-state index in [0.29, 0.717) is 6.54 Å². The van der Waals surface area contributed by atoms with E-state index in [-0.39, 0.29) is 6.04 Å². The molecule has 1 aliphatic heterocycles. The Morgan fingerprint density at radius 1 is 1.19 bits per heavy atom. The van der Waals surface area contributed by atoms with Crippen molar-refractivity contribution in [1.29, 1.82) is 0 Å². The summed E-state index contributed by atoms with van der Waals surface area (Å²) in [6.45, 7) is 8.19. The van der Waals surface area contributed by atoms with Crippen molar-refractivity contribution in [3.63, 3.8) is 0 Å². The number of benzene rings is 1. The number of likely N-dealkylation sites (N-methyl/N-ethyl adjacent to an activating group) is 1. The smallest absolute Gasteiger partial charge is 0.124 e. The zero-order chi connectivity index (χ0) is 14.8. The van der Waals surface area contributed by atoms with Gasteiger partial charge in [0.1, 0.15) is 5.82 Å². The Kier molecular flexibility index (Phi) is 4.24. The van der Waals surface area contributed by atoms with E-state index in [9.17, 15) is 0 Å². The Morgan fingerprint density at radius 2 is 1.90 bits per heavy atom. The lowest BCUT2D eigenvalue weighted by Gasteiger charge is -2.32. The van der Waals surface area contributed by atoms with E-state index in [4.69, 9.17) is 10.7 Å². The van der Waals surface area contributed by atoms with Crippen molar-refractivity contribution in [2.24, 2.45) is 5.73 Å². The average molecular weight is 287 g/mol. The van der Waals surface area contributed by atoms with Crippen LogP contribution in [-0.2, 0) is 6.54 Å². The molecule has 1 fully saturated rings. The van der Waals surface area contributed by atoms with Gasteiger partial charge < -0.3 is 15.2 Å². The van der Waals surface area contributed by atoms with Crippen LogP contribution >= 0.6 is 0 Å². The Labute approximate surface area is 126 Å². The summed E-state index contributed by atoms with van der Waals surface area (Å²) >= 11 is 0. The maximum Gasteiger partial charge on any atom is 0.124 e. The van der Waals surface area contributed by atoms with Crippen molar-refractivity contribution in [3.05, 3.63) is 30.1 Å². The van der Waals surface area contributed by atoms with Gasteiger partial charge in [0.05, 0.1) is 17.6 Å². The van der Waals surface area contributed by atoms with Crippen molar-refractivity contribution in [3.8, 4) is 0 Å². The van der Waals surface area contributed by atoms with E-state index in [1.165, 1.54) is 5.52 Å². The van der Waals surface area contributed by atoms with Gasteiger partial charge in [-0.25, -0.2) is 4.98 Å². The van der Waals surface area contributed by atoms with E-state index >= 15 is 0 Å². The van der Waals surface area contributed by atoms with Gasteiger partial charge in [-0.3, -0.25) is 4.90 Å². The van der Waals surface area contributed by atoms with Crippen LogP contribution in [0.3, 0.4) is 0 Å². The Hall–Kier alpha value is -1.43. The summed E-state index contributed by atoms with van der Waals surface area (Å²) in [6, 6.07) is 8.63. The fourth-order valence-electron chi connectivity index (χ4n) is 3.01. The van der Waals surface area contributed by atoms with Gasteiger partial charge in [-0.05, 0) is 26.1 Å². The number of piperazine rings is 1. The lowest BCUT2D eigenvalue weighted by molar-refractivity contribution is 0.144. The second-order valence-corrected chi connectivity index (χ2v) is 6.05. The highest BCUT2D eigenvalue weighted by Crippen LogP contribution is 2.22. The molecule has 0 radical (unpaired) electrons. The van der Waals surface area contributed by atoms with E-state index in [2.05, 4.69) is 46.5 Å². The zero-order valence-corrected chi connectivity index (χ0v) is 13.0. The summed E-state index contributed by atoms with van der Waals surface area (Å²) in [4.78, 5) is 9.71. The molecule has 21 heavy (non-hydrogen) atoms. The number of imidazole rings is 1. The third-order valence-electron chi connectivity index (χ3n) is 4.41. The predicted octanol–water partition coefficient (Wildman–Crippen LogP) is 1.30. The molecule has 1 aliphatic rings. The monoisotopic (exact) mass is 287 g/mol. The van der Waals surface area contributed by atoms with E-state index in [0.717, 1.165) is 44.1 Å². The van der Waals surface area contributed by atoms with Crippen LogP contribution in [0.2, 0.25) is 0 Å². The number of aromatic nitrogens is 2. The summed E-state index contributed by atoms with van der Waals surface area (Å²) in [6.07, 6.45) is 0. The molecule has 5 heteroatoms. The van der Waals surface area contributed by atoms with Crippen LogP contribution in [0.4, 0.5) is 0 Å². The van der Waals surface area contributed by atoms with E-state index in [1.54, 1.807) is 0 Å². The highest BCUT2D eigenvalue weighted by molar-refractivity contribution is 5.76. The first kappa shape index (κ1) is 14.5. The zero-order valence-electron chi connectivity index (χ0n) is 13.0. The molecule has 1 aromatic carbocycles. The quantitative estimate of drug-likeness (QED) is 0.921. The van der Waals surface area contributed by atoms with Crippen LogP contribution in [0, 0.1) is 0 Å². The van der Waals surface area contributed by atoms with Gasteiger partial charge >= 0.3 is 0 Å². The van der Waals surface area contributed by atoms with Gasteiger partial charge in [0, 0.05) is 38.8 Å².